The number of para-hydroxylation sites is 1. The van der Waals surface area contributed by atoms with Crippen LogP contribution < -0.4 is 0 Å². The largest absolute Gasteiger partial charge is 0.276 e. The number of nitrogens with one attached hydrogen (secondary N) is 1. The Balaban J connectivity index is 2.10. The first-order chi connectivity index (χ1) is 8.36. The molecule has 3 rings (SSSR count). The van der Waals surface area contributed by atoms with Crippen molar-refractivity contribution in [1.29, 1.82) is 0 Å². The van der Waals surface area contributed by atoms with Crippen molar-refractivity contribution in [2.45, 2.75) is 6.92 Å². The van der Waals surface area contributed by atoms with Crippen LogP contribution in [0.25, 0.3) is 17.1 Å². The van der Waals surface area contributed by atoms with Crippen LogP contribution in [0.15, 0.2) is 42.6 Å². The first kappa shape index (κ1) is 9.77. The van der Waals surface area contributed by atoms with Gasteiger partial charge in [-0.1, -0.05) is 23.4 Å². The standard InChI is InChI=1S/C12H11N5/c1-9-12(11-7-8-13-14-11)15-16-17(9)10-5-3-2-4-6-10/h2-8H,1H3,(H,13,14). The summed E-state index contributed by atoms with van der Waals surface area (Å²) in [6.07, 6.45) is 1.70. The molecule has 0 atom stereocenters. The number of nitrogens with zero attached hydrogens (tertiary/aromatic N) is 4. The molecule has 0 radical (unpaired) electrons. The van der Waals surface area contributed by atoms with Crippen LogP contribution >= 0.6 is 0 Å². The lowest BCUT2D eigenvalue weighted by atomic mass is 10.2. The molecule has 5 nitrogen and oxygen atoms in total. The molecule has 1 aromatic carbocycles. The van der Waals surface area contributed by atoms with Crippen LogP contribution in [0.1, 0.15) is 5.69 Å². The van der Waals surface area contributed by atoms with Gasteiger partial charge in [0.15, 0.2) is 0 Å². The Hall–Kier alpha value is -2.43. The minimum absolute atomic E-state index is 0.825. The van der Waals surface area contributed by atoms with Crippen LogP contribution in [-0.2, 0) is 0 Å². The van der Waals surface area contributed by atoms with E-state index in [2.05, 4.69) is 20.5 Å². The van der Waals surface area contributed by atoms with Crippen molar-refractivity contribution in [1.82, 2.24) is 25.2 Å². The summed E-state index contributed by atoms with van der Waals surface area (Å²) in [4.78, 5) is 0. The molecule has 2 aromatic heterocycles. The van der Waals surface area contributed by atoms with Gasteiger partial charge in [0.25, 0.3) is 0 Å². The zero-order chi connectivity index (χ0) is 11.7. The maximum absolute atomic E-state index is 4.18. The Morgan fingerprint density at radius 1 is 1.12 bits per heavy atom. The van der Waals surface area contributed by atoms with Crippen molar-refractivity contribution in [3.8, 4) is 17.1 Å². The van der Waals surface area contributed by atoms with E-state index in [1.165, 1.54) is 0 Å². The number of H-pyrrole nitrogens is 1. The smallest absolute Gasteiger partial charge is 0.134 e. The van der Waals surface area contributed by atoms with Gasteiger partial charge in [-0.25, -0.2) is 4.68 Å². The van der Waals surface area contributed by atoms with E-state index in [-0.39, 0.29) is 0 Å². The highest BCUT2D eigenvalue weighted by Gasteiger charge is 2.12. The molecule has 0 spiro atoms. The lowest BCUT2D eigenvalue weighted by Crippen LogP contribution is -1.98. The second-order valence-corrected chi connectivity index (χ2v) is 3.74. The van der Waals surface area contributed by atoms with Crippen molar-refractivity contribution in [2.24, 2.45) is 0 Å². The quantitative estimate of drug-likeness (QED) is 0.725. The first-order valence-corrected chi connectivity index (χ1v) is 5.34. The van der Waals surface area contributed by atoms with Crippen molar-refractivity contribution in [2.75, 3.05) is 0 Å². The summed E-state index contributed by atoms with van der Waals surface area (Å²) in [5.41, 5.74) is 3.69. The van der Waals surface area contributed by atoms with E-state index in [1.54, 1.807) is 6.20 Å². The minimum atomic E-state index is 0.825. The average molecular weight is 225 g/mol. The summed E-state index contributed by atoms with van der Waals surface area (Å²) < 4.78 is 1.82. The summed E-state index contributed by atoms with van der Waals surface area (Å²) in [7, 11) is 0. The molecule has 0 aliphatic heterocycles. The maximum Gasteiger partial charge on any atom is 0.134 e. The summed E-state index contributed by atoms with van der Waals surface area (Å²) >= 11 is 0. The Kier molecular flexibility index (Phi) is 2.22. The topological polar surface area (TPSA) is 59.4 Å². The monoisotopic (exact) mass is 225 g/mol. The molecule has 0 aliphatic rings. The van der Waals surface area contributed by atoms with Gasteiger partial charge in [-0.05, 0) is 25.1 Å². The van der Waals surface area contributed by atoms with Crippen molar-refractivity contribution in [3.63, 3.8) is 0 Å². The third kappa shape index (κ3) is 1.61. The molecule has 0 bridgehead atoms. The van der Waals surface area contributed by atoms with Crippen LogP contribution in [0.3, 0.4) is 0 Å². The van der Waals surface area contributed by atoms with Crippen LogP contribution in [0.4, 0.5) is 0 Å². The van der Waals surface area contributed by atoms with Crippen LogP contribution in [0, 0.1) is 6.92 Å². The molecule has 0 fully saturated rings. The molecule has 1 N–H and O–H groups in total. The van der Waals surface area contributed by atoms with Gasteiger partial charge < -0.3 is 0 Å². The van der Waals surface area contributed by atoms with E-state index in [9.17, 15) is 0 Å². The van der Waals surface area contributed by atoms with Gasteiger partial charge in [-0.15, -0.1) is 5.10 Å². The van der Waals surface area contributed by atoms with E-state index in [0.717, 1.165) is 22.8 Å². The van der Waals surface area contributed by atoms with Gasteiger partial charge in [-0.2, -0.15) is 5.10 Å². The van der Waals surface area contributed by atoms with E-state index in [0.29, 0.717) is 0 Å². The van der Waals surface area contributed by atoms with E-state index in [4.69, 9.17) is 0 Å². The van der Waals surface area contributed by atoms with E-state index >= 15 is 0 Å². The van der Waals surface area contributed by atoms with Gasteiger partial charge in [0.05, 0.1) is 17.1 Å². The zero-order valence-electron chi connectivity index (χ0n) is 9.33. The Morgan fingerprint density at radius 3 is 2.65 bits per heavy atom. The van der Waals surface area contributed by atoms with E-state index in [1.807, 2.05) is 48.0 Å². The predicted molar refractivity (Wildman–Crippen MR) is 63.7 cm³/mol. The fraction of sp³-hybridized carbons (Fsp3) is 0.0833. The molecule has 0 saturated heterocycles. The summed E-state index contributed by atoms with van der Waals surface area (Å²) in [6, 6.07) is 11.8. The van der Waals surface area contributed by atoms with Crippen LogP contribution in [-0.4, -0.2) is 25.2 Å². The fourth-order valence-electron chi connectivity index (χ4n) is 1.78. The maximum atomic E-state index is 4.18. The molecule has 0 saturated carbocycles. The van der Waals surface area contributed by atoms with E-state index < -0.39 is 0 Å². The molecular formula is C12H11N5. The Labute approximate surface area is 98.1 Å². The number of aromatic amines is 1. The molecule has 84 valence electrons. The highest BCUT2D eigenvalue weighted by atomic mass is 15.4. The summed E-state index contributed by atoms with van der Waals surface area (Å²) in [5.74, 6) is 0. The van der Waals surface area contributed by atoms with Crippen molar-refractivity contribution >= 4 is 0 Å². The number of hydrogen-bond acceptors (Lipinski definition) is 3. The highest BCUT2D eigenvalue weighted by Crippen LogP contribution is 2.19. The lowest BCUT2D eigenvalue weighted by Gasteiger charge is -2.02. The molecule has 0 amide bonds. The van der Waals surface area contributed by atoms with Crippen LogP contribution in [0.2, 0.25) is 0 Å². The van der Waals surface area contributed by atoms with Crippen LogP contribution in [0.5, 0.6) is 0 Å². The minimum Gasteiger partial charge on any atom is -0.276 e. The Morgan fingerprint density at radius 2 is 1.94 bits per heavy atom. The van der Waals surface area contributed by atoms with Gasteiger partial charge in [0.1, 0.15) is 5.69 Å². The molecular weight excluding hydrogens is 214 g/mol. The zero-order valence-corrected chi connectivity index (χ0v) is 9.33. The number of benzene rings is 1. The van der Waals surface area contributed by atoms with Gasteiger partial charge >= 0.3 is 0 Å². The molecule has 0 unspecified atom stereocenters. The van der Waals surface area contributed by atoms with Gasteiger partial charge in [0, 0.05) is 6.20 Å². The molecule has 2 heterocycles. The van der Waals surface area contributed by atoms with Crippen molar-refractivity contribution in [3.05, 3.63) is 48.3 Å². The molecule has 3 aromatic rings. The first-order valence-electron chi connectivity index (χ1n) is 5.34. The summed E-state index contributed by atoms with van der Waals surface area (Å²) in [5, 5.41) is 15.1. The molecule has 5 heteroatoms. The third-order valence-corrected chi connectivity index (χ3v) is 2.65. The normalized spacial score (nSPS) is 10.6. The predicted octanol–water partition coefficient (Wildman–Crippen LogP) is 1.97. The van der Waals surface area contributed by atoms with Crippen molar-refractivity contribution < 1.29 is 0 Å². The SMILES string of the molecule is Cc1c(-c2ccn[nH]2)nnn1-c1ccccc1. The number of aromatic nitrogens is 5. The second-order valence-electron chi connectivity index (χ2n) is 3.74. The third-order valence-electron chi connectivity index (χ3n) is 2.65. The lowest BCUT2D eigenvalue weighted by molar-refractivity contribution is 0.785. The van der Waals surface area contributed by atoms with Gasteiger partial charge in [0.2, 0.25) is 0 Å². The highest BCUT2D eigenvalue weighted by molar-refractivity contribution is 5.56. The molecule has 17 heavy (non-hydrogen) atoms. The summed E-state index contributed by atoms with van der Waals surface area (Å²) in [6.45, 7) is 1.99. The van der Waals surface area contributed by atoms with Gasteiger partial charge in [-0.3, -0.25) is 5.10 Å². The Bertz CT molecular complexity index is 610. The average Bonchev–Trinajstić information content (AvgIpc) is 2.99. The number of hydrogen-bond donors (Lipinski definition) is 1. The second kappa shape index (κ2) is 3.86. The fourth-order valence-corrected chi connectivity index (χ4v) is 1.78. The molecule has 0 aliphatic carbocycles. The number of rotatable bonds is 2.